The summed E-state index contributed by atoms with van der Waals surface area (Å²) < 4.78 is 4.09. The predicted molar refractivity (Wildman–Crippen MR) is 37.8 cm³/mol. The molecule has 0 spiro atoms. The molecule has 5 heteroatoms. The zero-order valence-corrected chi connectivity index (χ0v) is 5.58. The van der Waals surface area contributed by atoms with Crippen molar-refractivity contribution in [1.29, 1.82) is 0 Å². The average Bonchev–Trinajstić information content (AvgIpc) is 2.15. The molecule has 2 rings (SSSR count). The Morgan fingerprint density at radius 1 is 1.75 bits per heavy atom. The summed E-state index contributed by atoms with van der Waals surface area (Å²) >= 11 is 3.12. The van der Waals surface area contributed by atoms with Crippen LogP contribution in [0.2, 0.25) is 0 Å². The molecule has 0 unspecified atom stereocenters. The van der Waals surface area contributed by atoms with Crippen molar-refractivity contribution in [3.05, 3.63) is 0 Å². The lowest BCUT2D eigenvalue weighted by molar-refractivity contribution is 0.554. The lowest BCUT2D eigenvalue weighted by Gasteiger charge is -2.00. The summed E-state index contributed by atoms with van der Waals surface area (Å²) in [6.45, 7) is 0. The maximum absolute atomic E-state index is 4.09. The molecule has 0 saturated heterocycles. The van der Waals surface area contributed by atoms with E-state index in [1.165, 1.54) is 0 Å². The van der Waals surface area contributed by atoms with Gasteiger partial charge in [0.15, 0.2) is 5.17 Å². The molecule has 0 bridgehead atoms. The summed E-state index contributed by atoms with van der Waals surface area (Å²) in [5.41, 5.74) is 1.80. The Hall–Kier alpha value is -0.160. The fraction of sp³-hybridized carbons (Fsp3) is 0.333. The molecule has 0 saturated carbocycles. The molecule has 0 atom stereocenters. The first-order valence-electron chi connectivity index (χ1n) is 2.13. The standard InChI is InChI=1S/C3H3N3S2/c1-4-6-2-8-5-3(6)7-1/h1H,2H2. The van der Waals surface area contributed by atoms with Gasteiger partial charge in [-0.15, -0.1) is 0 Å². The van der Waals surface area contributed by atoms with Crippen LogP contribution >= 0.6 is 23.7 Å². The highest BCUT2D eigenvalue weighted by Crippen LogP contribution is 2.26. The third kappa shape index (κ3) is 0.545. The van der Waals surface area contributed by atoms with Gasteiger partial charge in [0, 0.05) is 11.9 Å². The van der Waals surface area contributed by atoms with Crippen LogP contribution in [0.15, 0.2) is 9.50 Å². The molecule has 0 aromatic rings. The Bertz CT molecular complexity index is 164. The van der Waals surface area contributed by atoms with Crippen LogP contribution in [0.5, 0.6) is 0 Å². The maximum atomic E-state index is 4.09. The number of hydrazone groups is 1. The third-order valence-corrected chi connectivity index (χ3v) is 2.38. The largest absolute Gasteiger partial charge is 0.229 e. The lowest BCUT2D eigenvalue weighted by Crippen LogP contribution is -2.12. The summed E-state index contributed by atoms with van der Waals surface area (Å²) in [7, 11) is 0. The Kier molecular flexibility index (Phi) is 0.976. The number of nitrogens with zero attached hydrogens (tertiary/aromatic N) is 3. The molecule has 0 amide bonds. The number of fused-ring (bicyclic) bond motifs is 1. The number of hydrogen-bond acceptors (Lipinski definition) is 5. The first-order valence-corrected chi connectivity index (χ1v) is 3.95. The van der Waals surface area contributed by atoms with Gasteiger partial charge in [-0.2, -0.15) is 9.50 Å². The van der Waals surface area contributed by atoms with Crippen LogP contribution in [-0.2, 0) is 0 Å². The van der Waals surface area contributed by atoms with E-state index in [-0.39, 0.29) is 0 Å². The van der Waals surface area contributed by atoms with Gasteiger partial charge in [-0.1, -0.05) is 0 Å². The third-order valence-electron chi connectivity index (χ3n) is 0.888. The second-order valence-electron chi connectivity index (χ2n) is 1.37. The van der Waals surface area contributed by atoms with E-state index in [2.05, 4.69) is 9.50 Å². The monoisotopic (exact) mass is 145 g/mol. The highest BCUT2D eigenvalue weighted by molar-refractivity contribution is 8.26. The van der Waals surface area contributed by atoms with Crippen LogP contribution in [0.4, 0.5) is 0 Å². The van der Waals surface area contributed by atoms with Crippen LogP contribution < -0.4 is 0 Å². The minimum absolute atomic E-state index is 0.888. The van der Waals surface area contributed by atoms with Crippen molar-refractivity contribution in [3.8, 4) is 0 Å². The van der Waals surface area contributed by atoms with E-state index in [4.69, 9.17) is 0 Å². The van der Waals surface area contributed by atoms with Crippen LogP contribution in [0.1, 0.15) is 0 Å². The van der Waals surface area contributed by atoms with Gasteiger partial charge < -0.3 is 0 Å². The van der Waals surface area contributed by atoms with Gasteiger partial charge in [0.1, 0.15) is 5.88 Å². The molecule has 0 aromatic heterocycles. The van der Waals surface area contributed by atoms with E-state index < -0.39 is 0 Å². The Morgan fingerprint density at radius 2 is 2.75 bits per heavy atom. The first-order chi connectivity index (χ1) is 3.97. The van der Waals surface area contributed by atoms with Gasteiger partial charge >= 0.3 is 0 Å². The molecule has 8 heavy (non-hydrogen) atoms. The molecule has 42 valence electrons. The van der Waals surface area contributed by atoms with Gasteiger partial charge in [-0.3, -0.25) is 0 Å². The highest BCUT2D eigenvalue weighted by atomic mass is 32.2. The van der Waals surface area contributed by atoms with E-state index in [0.29, 0.717) is 0 Å². The normalized spacial score (nSPS) is 24.0. The summed E-state index contributed by atoms with van der Waals surface area (Å²) in [6, 6.07) is 0. The Balaban J connectivity index is 2.28. The molecular weight excluding hydrogens is 142 g/mol. The molecule has 2 aliphatic heterocycles. The fourth-order valence-corrected chi connectivity index (χ4v) is 2.00. The summed E-state index contributed by atoms with van der Waals surface area (Å²) in [6.07, 6.45) is 0. The summed E-state index contributed by atoms with van der Waals surface area (Å²) in [5, 5.41) is 6.92. The maximum Gasteiger partial charge on any atom is 0.198 e. The average molecular weight is 145 g/mol. The topological polar surface area (TPSA) is 28.0 Å². The van der Waals surface area contributed by atoms with Crippen molar-refractivity contribution in [2.24, 2.45) is 9.50 Å². The number of thioether (sulfide) groups is 1. The number of amidine groups is 1. The molecule has 0 aromatic carbocycles. The SMILES string of the molecule is C1=NN2CSN=C2S1. The first kappa shape index (κ1) is 4.69. The Labute approximate surface area is 55.4 Å². The quantitative estimate of drug-likeness (QED) is 0.475. The van der Waals surface area contributed by atoms with E-state index in [0.717, 1.165) is 11.0 Å². The minimum Gasteiger partial charge on any atom is -0.229 e. The molecule has 2 aliphatic rings. The van der Waals surface area contributed by atoms with Crippen molar-refractivity contribution in [2.75, 3.05) is 5.88 Å². The van der Waals surface area contributed by atoms with Gasteiger partial charge in [-0.25, -0.2) is 5.01 Å². The molecular formula is C3H3N3S2. The number of rotatable bonds is 0. The van der Waals surface area contributed by atoms with Crippen molar-refractivity contribution < 1.29 is 0 Å². The molecule has 0 radical (unpaired) electrons. The molecule has 0 fully saturated rings. The van der Waals surface area contributed by atoms with Gasteiger partial charge in [0.05, 0.1) is 5.55 Å². The van der Waals surface area contributed by atoms with E-state index in [9.17, 15) is 0 Å². The highest BCUT2D eigenvalue weighted by Gasteiger charge is 2.20. The van der Waals surface area contributed by atoms with Crippen molar-refractivity contribution in [2.45, 2.75) is 0 Å². The molecule has 0 N–H and O–H groups in total. The number of hydrogen-bond donors (Lipinski definition) is 0. The van der Waals surface area contributed by atoms with Gasteiger partial charge in [0.2, 0.25) is 0 Å². The second-order valence-corrected chi connectivity index (χ2v) is 2.88. The van der Waals surface area contributed by atoms with Crippen LogP contribution in [0, 0.1) is 0 Å². The summed E-state index contributed by atoms with van der Waals surface area (Å²) in [5.74, 6) is 0.888. The van der Waals surface area contributed by atoms with Gasteiger partial charge in [-0.05, 0) is 11.8 Å². The Morgan fingerprint density at radius 3 is 3.62 bits per heavy atom. The van der Waals surface area contributed by atoms with Crippen LogP contribution in [0.3, 0.4) is 0 Å². The fourth-order valence-electron chi connectivity index (χ4n) is 0.534. The molecule has 3 nitrogen and oxygen atoms in total. The van der Waals surface area contributed by atoms with Crippen molar-refractivity contribution in [1.82, 2.24) is 5.01 Å². The van der Waals surface area contributed by atoms with E-state index in [1.807, 2.05) is 5.01 Å². The molecule has 0 aliphatic carbocycles. The molecule has 2 heterocycles. The van der Waals surface area contributed by atoms with E-state index >= 15 is 0 Å². The van der Waals surface area contributed by atoms with E-state index in [1.54, 1.807) is 29.3 Å². The summed E-state index contributed by atoms with van der Waals surface area (Å²) in [4.78, 5) is 0. The lowest BCUT2D eigenvalue weighted by atomic mass is 11.1. The predicted octanol–water partition coefficient (Wildman–Crippen LogP) is 0.954. The minimum atomic E-state index is 0.888. The van der Waals surface area contributed by atoms with Crippen molar-refractivity contribution >= 4 is 34.4 Å². The van der Waals surface area contributed by atoms with Crippen LogP contribution in [0.25, 0.3) is 0 Å². The van der Waals surface area contributed by atoms with Crippen LogP contribution in [-0.4, -0.2) is 21.6 Å². The van der Waals surface area contributed by atoms with Gasteiger partial charge in [0.25, 0.3) is 0 Å². The zero-order valence-electron chi connectivity index (χ0n) is 3.94. The smallest absolute Gasteiger partial charge is 0.198 e. The zero-order chi connectivity index (χ0) is 5.40. The second kappa shape index (κ2) is 1.66. The van der Waals surface area contributed by atoms with Crippen molar-refractivity contribution in [3.63, 3.8) is 0 Å².